The Balaban J connectivity index is 0.00000157. The summed E-state index contributed by atoms with van der Waals surface area (Å²) in [7, 11) is -4.66. The molecule has 5 saturated carbocycles. The average Bonchev–Trinajstić information content (AvgIpc) is 2.87. The van der Waals surface area contributed by atoms with Crippen LogP contribution in [0, 0.1) is 23.7 Å². The smallest absolute Gasteiger partial charge is 0.726 e. The van der Waals surface area contributed by atoms with Gasteiger partial charge in [-0.3, -0.25) is 4.18 Å². The van der Waals surface area contributed by atoms with Crippen molar-refractivity contribution in [2.24, 2.45) is 23.7 Å². The van der Waals surface area contributed by atoms with Crippen LogP contribution in [0.5, 0.6) is 0 Å². The number of ether oxygens (including phenoxy) is 1. The molecule has 0 aromatic rings. The van der Waals surface area contributed by atoms with Crippen molar-refractivity contribution >= 4 is 10.4 Å². The van der Waals surface area contributed by atoms with E-state index in [4.69, 9.17) is 14.5 Å². The van der Waals surface area contributed by atoms with E-state index in [1.54, 1.807) is 0 Å². The average molecular weight is 382 g/mol. The summed E-state index contributed by atoms with van der Waals surface area (Å²) in [6.45, 7) is 0. The minimum absolute atomic E-state index is 0. The zero-order valence-electron chi connectivity index (χ0n) is 14.5. The molecular formula is C16H23NaO7S. The van der Waals surface area contributed by atoms with Crippen molar-refractivity contribution in [3.8, 4) is 0 Å². The number of hydrogen-bond acceptors (Lipinski definition) is 7. The Kier molecular flexibility index (Phi) is 4.88. The summed E-state index contributed by atoms with van der Waals surface area (Å²) >= 11 is 0. The fourth-order valence-corrected chi connectivity index (χ4v) is 6.61. The Labute approximate surface area is 170 Å². The minimum atomic E-state index is -4.66. The van der Waals surface area contributed by atoms with Crippen LogP contribution in [0.15, 0.2) is 0 Å². The molecule has 1 aliphatic heterocycles. The van der Waals surface area contributed by atoms with Gasteiger partial charge in [-0.2, -0.15) is 9.78 Å². The van der Waals surface area contributed by atoms with E-state index in [2.05, 4.69) is 4.18 Å². The summed E-state index contributed by atoms with van der Waals surface area (Å²) in [4.78, 5) is 11.6. The van der Waals surface area contributed by atoms with Crippen molar-refractivity contribution in [3.05, 3.63) is 0 Å². The third-order valence-electron chi connectivity index (χ3n) is 6.89. The molecule has 0 aromatic heterocycles. The monoisotopic (exact) mass is 382 g/mol. The van der Waals surface area contributed by atoms with Crippen LogP contribution in [0.25, 0.3) is 0 Å². The molecule has 136 valence electrons. The zero-order chi connectivity index (χ0) is 16.6. The van der Waals surface area contributed by atoms with Crippen molar-refractivity contribution in [1.29, 1.82) is 0 Å². The van der Waals surface area contributed by atoms with E-state index in [1.165, 1.54) is 6.42 Å². The maximum absolute atomic E-state index is 10.8. The molecule has 7 nitrogen and oxygen atoms in total. The van der Waals surface area contributed by atoms with Crippen molar-refractivity contribution in [2.75, 3.05) is 0 Å². The van der Waals surface area contributed by atoms with E-state index in [0.29, 0.717) is 37.5 Å². The molecule has 6 fully saturated rings. The first-order chi connectivity index (χ1) is 11.4. The standard InChI is InChI=1S/C16H24O7S.Na/c17-24(18,19)20-14-1-3-15(4-2-14)21-16(23-22-15)12-6-10-5-11(8-12)9-13(16)7-10;/h10-14H,1-9H2,(H,17,18,19);/q;+1/p-1. The van der Waals surface area contributed by atoms with E-state index in [1.807, 2.05) is 0 Å². The van der Waals surface area contributed by atoms with Crippen LogP contribution in [-0.4, -0.2) is 30.6 Å². The predicted molar refractivity (Wildman–Crippen MR) is 78.8 cm³/mol. The van der Waals surface area contributed by atoms with E-state index in [9.17, 15) is 13.0 Å². The molecule has 0 N–H and O–H groups in total. The van der Waals surface area contributed by atoms with Crippen LogP contribution in [-0.2, 0) is 29.1 Å². The molecule has 0 radical (unpaired) electrons. The molecule has 0 amide bonds. The fraction of sp³-hybridized carbons (Fsp3) is 1.00. The van der Waals surface area contributed by atoms with Crippen molar-refractivity contribution in [2.45, 2.75) is 75.5 Å². The molecule has 5 aliphatic carbocycles. The zero-order valence-corrected chi connectivity index (χ0v) is 17.3. The van der Waals surface area contributed by atoms with Gasteiger partial charge in [0.05, 0.1) is 6.10 Å². The fourth-order valence-electron chi connectivity index (χ4n) is 6.09. The van der Waals surface area contributed by atoms with Gasteiger partial charge in [0.2, 0.25) is 22.0 Å². The topological polar surface area (TPSA) is 94.1 Å². The predicted octanol–water partition coefficient (Wildman–Crippen LogP) is -0.763. The summed E-state index contributed by atoms with van der Waals surface area (Å²) in [5.74, 6) is 1.03. The molecule has 25 heavy (non-hydrogen) atoms. The molecule has 2 spiro atoms. The van der Waals surface area contributed by atoms with E-state index < -0.39 is 28.1 Å². The van der Waals surface area contributed by atoms with Crippen molar-refractivity contribution in [1.82, 2.24) is 0 Å². The Hall–Kier alpha value is 0.750. The van der Waals surface area contributed by atoms with Gasteiger partial charge in [-0.25, -0.2) is 8.42 Å². The van der Waals surface area contributed by atoms with Gasteiger partial charge in [-0.1, -0.05) is 0 Å². The van der Waals surface area contributed by atoms with Crippen LogP contribution < -0.4 is 29.6 Å². The first kappa shape index (κ1) is 19.1. The van der Waals surface area contributed by atoms with E-state index in [-0.39, 0.29) is 29.6 Å². The molecule has 9 heteroatoms. The summed E-state index contributed by atoms with van der Waals surface area (Å²) in [6, 6.07) is 0. The Morgan fingerprint density at radius 2 is 1.48 bits per heavy atom. The Bertz CT molecular complexity index is 600. The first-order valence-corrected chi connectivity index (χ1v) is 10.4. The quantitative estimate of drug-likeness (QED) is 0.268. The van der Waals surface area contributed by atoms with Crippen LogP contribution in [0.1, 0.15) is 57.8 Å². The van der Waals surface area contributed by atoms with Gasteiger partial charge in [-0.15, -0.1) is 0 Å². The second-order valence-corrected chi connectivity index (χ2v) is 9.42. The Morgan fingerprint density at radius 1 is 0.920 bits per heavy atom. The number of hydrogen-bond donors (Lipinski definition) is 0. The molecule has 4 bridgehead atoms. The minimum Gasteiger partial charge on any atom is -0.726 e. The van der Waals surface area contributed by atoms with Gasteiger partial charge < -0.3 is 9.29 Å². The third-order valence-corrected chi connectivity index (χ3v) is 7.40. The summed E-state index contributed by atoms with van der Waals surface area (Å²) in [6.07, 6.45) is 7.22. The SMILES string of the molecule is O=S(=O)([O-])OC1CCC2(CC1)OOC1(O2)C2CC3CC(C2)CC1C3.[Na+]. The maximum Gasteiger partial charge on any atom is 1.00 e. The van der Waals surface area contributed by atoms with Gasteiger partial charge in [0, 0.05) is 24.7 Å². The Morgan fingerprint density at radius 3 is 2.00 bits per heavy atom. The molecule has 0 unspecified atom stereocenters. The molecule has 6 rings (SSSR count). The summed E-state index contributed by atoms with van der Waals surface area (Å²) in [5.41, 5.74) is 0. The molecule has 1 heterocycles. The normalized spacial score (nSPS) is 51.2. The van der Waals surface area contributed by atoms with Crippen molar-refractivity contribution in [3.63, 3.8) is 0 Å². The first-order valence-electron chi connectivity index (χ1n) is 9.07. The molecule has 0 aromatic carbocycles. The number of rotatable bonds is 2. The van der Waals surface area contributed by atoms with Crippen LogP contribution >= 0.6 is 0 Å². The summed E-state index contributed by atoms with van der Waals surface area (Å²) in [5, 5.41) is 0. The third kappa shape index (κ3) is 3.25. The molecule has 0 atom stereocenters. The second kappa shape index (κ2) is 6.39. The van der Waals surface area contributed by atoms with Crippen LogP contribution in [0.4, 0.5) is 0 Å². The maximum atomic E-state index is 10.8. The summed E-state index contributed by atoms with van der Waals surface area (Å²) < 4.78 is 43.4. The largest absolute Gasteiger partial charge is 1.00 e. The van der Waals surface area contributed by atoms with Crippen molar-refractivity contribution < 1.29 is 61.2 Å². The van der Waals surface area contributed by atoms with Crippen LogP contribution in [0.3, 0.4) is 0 Å². The van der Waals surface area contributed by atoms with Gasteiger partial charge in [0.15, 0.2) is 0 Å². The van der Waals surface area contributed by atoms with E-state index >= 15 is 0 Å². The van der Waals surface area contributed by atoms with Gasteiger partial charge >= 0.3 is 29.6 Å². The molecule has 1 saturated heterocycles. The molecular weight excluding hydrogens is 359 g/mol. The second-order valence-electron chi connectivity index (χ2n) is 8.41. The van der Waals surface area contributed by atoms with Gasteiger partial charge in [0.25, 0.3) is 0 Å². The van der Waals surface area contributed by atoms with Gasteiger partial charge in [0.1, 0.15) is 0 Å². The van der Waals surface area contributed by atoms with Crippen LogP contribution in [0.2, 0.25) is 0 Å². The van der Waals surface area contributed by atoms with E-state index in [0.717, 1.165) is 37.5 Å². The molecule has 6 aliphatic rings. The van der Waals surface area contributed by atoms with Gasteiger partial charge in [-0.05, 0) is 56.8 Å².